The van der Waals surface area contributed by atoms with Gasteiger partial charge < -0.3 is 19.5 Å². The number of benzene rings is 2. The number of hydrogen-bond acceptors (Lipinski definition) is 6. The molecule has 0 saturated heterocycles. The number of hydrogen-bond donors (Lipinski definition) is 2. The van der Waals surface area contributed by atoms with Gasteiger partial charge in [0.1, 0.15) is 5.75 Å². The summed E-state index contributed by atoms with van der Waals surface area (Å²) in [5.41, 5.74) is 2.51. The predicted octanol–water partition coefficient (Wildman–Crippen LogP) is 2.98. The van der Waals surface area contributed by atoms with E-state index in [0.717, 1.165) is 22.5 Å². The van der Waals surface area contributed by atoms with Crippen LogP contribution < -0.4 is 19.5 Å². The molecule has 0 radical (unpaired) electrons. The summed E-state index contributed by atoms with van der Waals surface area (Å²) in [6.07, 6.45) is 0. The number of H-pyrrole nitrogens is 1. The van der Waals surface area contributed by atoms with Crippen LogP contribution in [0, 0.1) is 0 Å². The van der Waals surface area contributed by atoms with Crippen LogP contribution in [0.3, 0.4) is 0 Å². The molecule has 0 bridgehead atoms. The Labute approximate surface area is 143 Å². The van der Waals surface area contributed by atoms with Gasteiger partial charge in [-0.1, -0.05) is 0 Å². The molecular formula is C17H17N5O3. The second-order valence-electron chi connectivity index (χ2n) is 5.37. The van der Waals surface area contributed by atoms with Crippen LogP contribution in [0.2, 0.25) is 0 Å². The fourth-order valence-corrected chi connectivity index (χ4v) is 2.67. The summed E-state index contributed by atoms with van der Waals surface area (Å²) in [5, 5.41) is 6.40. The number of ether oxygens (including phenoxy) is 3. The lowest BCUT2D eigenvalue weighted by Gasteiger charge is -2.06. The molecule has 0 saturated carbocycles. The van der Waals surface area contributed by atoms with Gasteiger partial charge in [0.15, 0.2) is 11.5 Å². The summed E-state index contributed by atoms with van der Waals surface area (Å²) in [6.45, 7) is 0. The zero-order valence-corrected chi connectivity index (χ0v) is 14.0. The Kier molecular flexibility index (Phi) is 3.57. The van der Waals surface area contributed by atoms with Gasteiger partial charge in [0.25, 0.3) is 5.78 Å². The summed E-state index contributed by atoms with van der Waals surface area (Å²) in [6, 6.07) is 11.3. The Morgan fingerprint density at radius 3 is 2.32 bits per heavy atom. The van der Waals surface area contributed by atoms with E-state index in [1.54, 1.807) is 25.8 Å². The number of aromatic amines is 1. The van der Waals surface area contributed by atoms with Crippen LogP contribution in [0.4, 0.5) is 11.6 Å². The van der Waals surface area contributed by atoms with E-state index in [2.05, 4.69) is 20.4 Å². The summed E-state index contributed by atoms with van der Waals surface area (Å²) >= 11 is 0. The predicted molar refractivity (Wildman–Crippen MR) is 94.2 cm³/mol. The molecule has 2 aromatic carbocycles. The molecule has 8 heteroatoms. The van der Waals surface area contributed by atoms with Gasteiger partial charge in [-0.15, -0.1) is 0 Å². The van der Waals surface area contributed by atoms with E-state index in [1.807, 2.05) is 36.4 Å². The fraction of sp³-hybridized carbons (Fsp3) is 0.176. The zero-order chi connectivity index (χ0) is 17.4. The Morgan fingerprint density at radius 1 is 0.920 bits per heavy atom. The molecule has 0 atom stereocenters. The normalized spacial score (nSPS) is 11.0. The lowest BCUT2D eigenvalue weighted by atomic mass is 10.3. The molecule has 8 nitrogen and oxygen atoms in total. The molecule has 2 aromatic heterocycles. The van der Waals surface area contributed by atoms with Gasteiger partial charge >= 0.3 is 0 Å². The van der Waals surface area contributed by atoms with Crippen LogP contribution in [-0.4, -0.2) is 40.9 Å². The average Bonchev–Trinajstić information content (AvgIpc) is 3.17. The van der Waals surface area contributed by atoms with Crippen LogP contribution in [0.25, 0.3) is 16.8 Å². The van der Waals surface area contributed by atoms with E-state index in [9.17, 15) is 0 Å². The van der Waals surface area contributed by atoms with Crippen LogP contribution in [-0.2, 0) is 0 Å². The molecule has 2 heterocycles. The largest absolute Gasteiger partial charge is 0.497 e. The van der Waals surface area contributed by atoms with Gasteiger partial charge in [-0.2, -0.15) is 4.98 Å². The molecule has 0 unspecified atom stereocenters. The number of methoxy groups -OCH3 is 3. The van der Waals surface area contributed by atoms with Crippen LogP contribution >= 0.6 is 0 Å². The maximum Gasteiger partial charge on any atom is 0.253 e. The number of fused-ring (bicyclic) bond motifs is 3. The summed E-state index contributed by atoms with van der Waals surface area (Å²) in [4.78, 5) is 8.99. The first-order valence-corrected chi connectivity index (χ1v) is 7.63. The topological polar surface area (TPSA) is 85.7 Å². The SMILES string of the molecule is COc1ccc(Nc2nc3nc4cc(OC)c(OC)cc4n3[nH]2)cc1. The van der Waals surface area contributed by atoms with Crippen molar-refractivity contribution >= 4 is 28.4 Å². The van der Waals surface area contributed by atoms with Crippen molar-refractivity contribution in [2.75, 3.05) is 26.6 Å². The van der Waals surface area contributed by atoms with E-state index in [1.165, 1.54) is 0 Å². The van der Waals surface area contributed by atoms with Gasteiger partial charge in [-0.25, -0.2) is 9.50 Å². The molecule has 2 N–H and O–H groups in total. The first-order valence-electron chi connectivity index (χ1n) is 7.63. The highest BCUT2D eigenvalue weighted by Gasteiger charge is 2.14. The monoisotopic (exact) mass is 339 g/mol. The molecule has 128 valence electrons. The molecule has 0 aliphatic heterocycles. The lowest BCUT2D eigenvalue weighted by Crippen LogP contribution is -1.94. The van der Waals surface area contributed by atoms with Gasteiger partial charge in [0.05, 0.1) is 32.4 Å². The van der Waals surface area contributed by atoms with Crippen molar-refractivity contribution in [1.82, 2.24) is 19.6 Å². The van der Waals surface area contributed by atoms with Crippen molar-refractivity contribution < 1.29 is 14.2 Å². The Hall–Kier alpha value is -3.42. The summed E-state index contributed by atoms with van der Waals surface area (Å²) in [7, 11) is 4.84. The molecule has 0 aliphatic rings. The molecule has 4 rings (SSSR count). The number of nitrogens with zero attached hydrogens (tertiary/aromatic N) is 3. The van der Waals surface area contributed by atoms with Crippen molar-refractivity contribution in [1.29, 1.82) is 0 Å². The molecule has 25 heavy (non-hydrogen) atoms. The maximum absolute atomic E-state index is 5.36. The number of anilines is 2. The third kappa shape index (κ3) is 2.57. The van der Waals surface area contributed by atoms with Crippen molar-refractivity contribution in [3.05, 3.63) is 36.4 Å². The third-order valence-electron chi connectivity index (χ3n) is 3.92. The minimum Gasteiger partial charge on any atom is -0.497 e. The van der Waals surface area contributed by atoms with E-state index >= 15 is 0 Å². The quantitative estimate of drug-likeness (QED) is 0.581. The minimum absolute atomic E-state index is 0.557. The van der Waals surface area contributed by atoms with Crippen molar-refractivity contribution in [3.63, 3.8) is 0 Å². The van der Waals surface area contributed by atoms with Crippen molar-refractivity contribution in [3.8, 4) is 17.2 Å². The van der Waals surface area contributed by atoms with E-state index in [0.29, 0.717) is 23.2 Å². The van der Waals surface area contributed by atoms with Crippen molar-refractivity contribution in [2.24, 2.45) is 0 Å². The molecule has 0 aliphatic carbocycles. The minimum atomic E-state index is 0.557. The first-order chi connectivity index (χ1) is 12.2. The molecule has 4 aromatic rings. The van der Waals surface area contributed by atoms with Gasteiger partial charge in [0.2, 0.25) is 5.95 Å². The number of nitrogens with one attached hydrogen (secondary N) is 2. The van der Waals surface area contributed by atoms with E-state index in [-0.39, 0.29) is 0 Å². The standard InChI is InChI=1S/C17H17N5O3/c1-23-11-6-4-10(5-7-11)18-16-20-17-19-12-8-14(24-2)15(25-3)9-13(12)22(17)21-16/h4-9H,1-3H3,(H2,18,19,20,21). The number of aromatic nitrogens is 4. The average molecular weight is 339 g/mol. The Morgan fingerprint density at radius 2 is 1.64 bits per heavy atom. The highest BCUT2D eigenvalue weighted by molar-refractivity contribution is 5.83. The third-order valence-corrected chi connectivity index (χ3v) is 3.92. The highest BCUT2D eigenvalue weighted by atomic mass is 16.5. The summed E-state index contributed by atoms with van der Waals surface area (Å²) in [5.74, 6) is 3.21. The van der Waals surface area contributed by atoms with Gasteiger partial charge in [-0.3, -0.25) is 5.10 Å². The van der Waals surface area contributed by atoms with Gasteiger partial charge in [0, 0.05) is 17.8 Å². The van der Waals surface area contributed by atoms with Crippen LogP contribution in [0.5, 0.6) is 17.2 Å². The van der Waals surface area contributed by atoms with Crippen LogP contribution in [0.15, 0.2) is 36.4 Å². The van der Waals surface area contributed by atoms with E-state index in [4.69, 9.17) is 14.2 Å². The molecule has 0 fully saturated rings. The fourth-order valence-electron chi connectivity index (χ4n) is 2.67. The van der Waals surface area contributed by atoms with Crippen molar-refractivity contribution in [2.45, 2.75) is 0 Å². The molecule has 0 amide bonds. The Balaban J connectivity index is 1.72. The lowest BCUT2D eigenvalue weighted by molar-refractivity contribution is 0.355. The Bertz CT molecular complexity index is 1040. The first kappa shape index (κ1) is 15.1. The zero-order valence-electron chi connectivity index (χ0n) is 14.0. The van der Waals surface area contributed by atoms with Gasteiger partial charge in [-0.05, 0) is 24.3 Å². The number of rotatable bonds is 5. The highest BCUT2D eigenvalue weighted by Crippen LogP contribution is 2.32. The summed E-state index contributed by atoms with van der Waals surface area (Å²) < 4.78 is 17.6. The molecular weight excluding hydrogens is 322 g/mol. The second-order valence-corrected chi connectivity index (χ2v) is 5.37. The van der Waals surface area contributed by atoms with E-state index < -0.39 is 0 Å². The molecule has 0 spiro atoms. The van der Waals surface area contributed by atoms with Crippen LogP contribution in [0.1, 0.15) is 0 Å². The smallest absolute Gasteiger partial charge is 0.253 e. The maximum atomic E-state index is 5.36. The second kappa shape index (κ2) is 5.90. The number of imidazole rings is 1.